The number of aliphatic hydroxyl groups excluding tert-OH is 5. The Morgan fingerprint density at radius 1 is 1.10 bits per heavy atom. The number of rotatable bonds is 8. The lowest BCUT2D eigenvalue weighted by atomic mass is 9.99. The molecule has 162 valence electrons. The standard InChI is InChI=1S/C18H24O11/c19-6-13-15(24)16(25)17(26)18(29-13)28-8-10(20)7-27-14(23)4-2-9-1-3-11(21)12(22)5-9/h1-5,10,13,15-22,24-26H,6-8H2/t10-,13?,15?,16?,17?,18?/m1/s1. The molecule has 1 aromatic carbocycles. The average Bonchev–Trinajstić information content (AvgIpc) is 2.70. The number of phenolic OH excluding ortho intramolecular Hbond substituents is 2. The summed E-state index contributed by atoms with van der Waals surface area (Å²) in [5.41, 5.74) is 0.434. The lowest BCUT2D eigenvalue weighted by Gasteiger charge is -2.39. The number of aliphatic hydroxyl groups is 5. The summed E-state index contributed by atoms with van der Waals surface area (Å²) in [6.45, 7) is -1.48. The van der Waals surface area contributed by atoms with E-state index in [1.807, 2.05) is 0 Å². The van der Waals surface area contributed by atoms with Crippen LogP contribution < -0.4 is 0 Å². The first-order valence-electron chi connectivity index (χ1n) is 8.70. The summed E-state index contributed by atoms with van der Waals surface area (Å²) in [7, 11) is 0. The Morgan fingerprint density at radius 3 is 2.48 bits per heavy atom. The minimum absolute atomic E-state index is 0.299. The van der Waals surface area contributed by atoms with E-state index in [9.17, 15) is 35.4 Å². The zero-order valence-corrected chi connectivity index (χ0v) is 15.2. The van der Waals surface area contributed by atoms with Crippen LogP contribution in [0.1, 0.15) is 5.56 Å². The number of phenols is 2. The fourth-order valence-electron chi connectivity index (χ4n) is 2.49. The van der Waals surface area contributed by atoms with Gasteiger partial charge in [-0.15, -0.1) is 0 Å². The molecule has 1 saturated heterocycles. The summed E-state index contributed by atoms with van der Waals surface area (Å²) in [6.07, 6.45) is -6.18. The van der Waals surface area contributed by atoms with Crippen LogP contribution in [-0.4, -0.2) is 98.3 Å². The van der Waals surface area contributed by atoms with Crippen molar-refractivity contribution < 1.29 is 54.8 Å². The third-order valence-corrected chi connectivity index (χ3v) is 4.13. The molecule has 0 aromatic heterocycles. The summed E-state index contributed by atoms with van der Waals surface area (Å²) in [6, 6.07) is 3.95. The van der Waals surface area contributed by atoms with Crippen LogP contribution in [0.15, 0.2) is 24.3 Å². The highest BCUT2D eigenvalue weighted by Crippen LogP contribution is 2.25. The van der Waals surface area contributed by atoms with Crippen LogP contribution in [0, 0.1) is 0 Å². The fourth-order valence-corrected chi connectivity index (χ4v) is 2.49. The van der Waals surface area contributed by atoms with Gasteiger partial charge >= 0.3 is 5.97 Å². The molecule has 0 saturated carbocycles. The van der Waals surface area contributed by atoms with Crippen LogP contribution in [0.2, 0.25) is 0 Å². The molecule has 0 spiro atoms. The van der Waals surface area contributed by atoms with E-state index < -0.39 is 62.6 Å². The lowest BCUT2D eigenvalue weighted by Crippen LogP contribution is -2.59. The second-order valence-corrected chi connectivity index (χ2v) is 6.40. The molecule has 0 amide bonds. The molecule has 1 heterocycles. The maximum Gasteiger partial charge on any atom is 0.330 e. The van der Waals surface area contributed by atoms with Crippen molar-refractivity contribution in [2.75, 3.05) is 19.8 Å². The molecule has 2 rings (SSSR count). The summed E-state index contributed by atoms with van der Waals surface area (Å²) >= 11 is 0. The molecule has 29 heavy (non-hydrogen) atoms. The molecule has 0 radical (unpaired) electrons. The quantitative estimate of drug-likeness (QED) is 0.139. The van der Waals surface area contributed by atoms with E-state index >= 15 is 0 Å². The van der Waals surface area contributed by atoms with Crippen molar-refractivity contribution >= 4 is 12.0 Å². The summed E-state index contributed by atoms with van der Waals surface area (Å²) < 4.78 is 15.1. The van der Waals surface area contributed by atoms with Crippen molar-refractivity contribution in [2.45, 2.75) is 36.8 Å². The molecule has 1 aliphatic rings. The number of ether oxygens (including phenoxy) is 3. The number of hydrogen-bond donors (Lipinski definition) is 7. The van der Waals surface area contributed by atoms with E-state index in [1.165, 1.54) is 24.3 Å². The zero-order valence-electron chi connectivity index (χ0n) is 15.2. The summed E-state index contributed by atoms with van der Waals surface area (Å²) in [4.78, 5) is 11.7. The van der Waals surface area contributed by atoms with Crippen molar-refractivity contribution in [1.82, 2.24) is 0 Å². The third kappa shape index (κ3) is 6.37. The number of carbonyl (C=O) groups is 1. The molecule has 0 aliphatic carbocycles. The van der Waals surface area contributed by atoms with Gasteiger partial charge in [-0.1, -0.05) is 6.07 Å². The van der Waals surface area contributed by atoms with Gasteiger partial charge in [0.05, 0.1) is 13.2 Å². The number of esters is 1. The maximum atomic E-state index is 11.7. The van der Waals surface area contributed by atoms with Gasteiger partial charge in [-0.05, 0) is 23.8 Å². The minimum atomic E-state index is -1.61. The predicted octanol–water partition coefficient (Wildman–Crippen LogP) is -2.17. The Kier molecular flexibility index (Phi) is 8.34. The van der Waals surface area contributed by atoms with Crippen molar-refractivity contribution in [3.05, 3.63) is 29.8 Å². The van der Waals surface area contributed by atoms with Crippen molar-refractivity contribution in [1.29, 1.82) is 0 Å². The summed E-state index contributed by atoms with van der Waals surface area (Å²) in [5, 5.41) is 66.6. The maximum absolute atomic E-state index is 11.7. The van der Waals surface area contributed by atoms with E-state index in [0.717, 1.165) is 6.08 Å². The van der Waals surface area contributed by atoms with E-state index in [4.69, 9.17) is 19.3 Å². The number of carbonyl (C=O) groups excluding carboxylic acids is 1. The zero-order chi connectivity index (χ0) is 21.6. The minimum Gasteiger partial charge on any atom is -0.504 e. The van der Waals surface area contributed by atoms with Crippen LogP contribution in [0.5, 0.6) is 11.5 Å². The highest BCUT2D eigenvalue weighted by atomic mass is 16.7. The molecule has 1 aliphatic heterocycles. The SMILES string of the molecule is O=C(C=Cc1ccc(O)c(O)c1)OC[C@@H](O)COC1OC(CO)C(O)C(O)C1O. The molecule has 5 unspecified atom stereocenters. The van der Waals surface area contributed by atoms with E-state index in [1.54, 1.807) is 0 Å². The first-order chi connectivity index (χ1) is 13.7. The highest BCUT2D eigenvalue weighted by molar-refractivity contribution is 5.87. The Bertz CT molecular complexity index is 705. The van der Waals surface area contributed by atoms with E-state index in [-0.39, 0.29) is 11.5 Å². The average molecular weight is 416 g/mol. The summed E-state index contributed by atoms with van der Waals surface area (Å²) in [5.74, 6) is -1.43. The van der Waals surface area contributed by atoms with Gasteiger partial charge in [0.25, 0.3) is 0 Å². The Labute approximate surface area is 165 Å². The first kappa shape index (κ1) is 23.0. The topological polar surface area (TPSA) is 186 Å². The highest BCUT2D eigenvalue weighted by Gasteiger charge is 2.44. The smallest absolute Gasteiger partial charge is 0.330 e. The van der Waals surface area contributed by atoms with Gasteiger partial charge in [-0.2, -0.15) is 0 Å². The monoisotopic (exact) mass is 416 g/mol. The molecule has 11 heteroatoms. The Morgan fingerprint density at radius 2 is 1.83 bits per heavy atom. The van der Waals surface area contributed by atoms with Crippen molar-refractivity contribution in [3.63, 3.8) is 0 Å². The van der Waals surface area contributed by atoms with Gasteiger partial charge < -0.3 is 50.0 Å². The Hall–Kier alpha value is -2.25. The lowest BCUT2D eigenvalue weighted by molar-refractivity contribution is -0.304. The number of hydrogen-bond acceptors (Lipinski definition) is 11. The van der Waals surface area contributed by atoms with E-state index in [2.05, 4.69) is 0 Å². The largest absolute Gasteiger partial charge is 0.504 e. The first-order valence-corrected chi connectivity index (χ1v) is 8.70. The Balaban J connectivity index is 1.76. The second kappa shape index (κ2) is 10.5. The van der Waals surface area contributed by atoms with Gasteiger partial charge in [0.15, 0.2) is 17.8 Å². The molecular formula is C18H24O11. The fraction of sp³-hybridized carbons (Fsp3) is 0.500. The van der Waals surface area contributed by atoms with Gasteiger partial charge in [-0.3, -0.25) is 0 Å². The molecule has 1 fully saturated rings. The van der Waals surface area contributed by atoms with Crippen molar-refractivity contribution in [2.24, 2.45) is 0 Å². The molecule has 7 N–H and O–H groups in total. The van der Waals surface area contributed by atoms with E-state index in [0.29, 0.717) is 5.56 Å². The van der Waals surface area contributed by atoms with Crippen LogP contribution in [-0.2, 0) is 19.0 Å². The molecule has 1 aromatic rings. The molecule has 11 nitrogen and oxygen atoms in total. The van der Waals surface area contributed by atoms with Gasteiger partial charge in [0.2, 0.25) is 0 Å². The third-order valence-electron chi connectivity index (χ3n) is 4.13. The molecule has 0 bridgehead atoms. The normalized spacial score (nSPS) is 28.4. The van der Waals surface area contributed by atoms with Crippen LogP contribution in [0.3, 0.4) is 0 Å². The van der Waals surface area contributed by atoms with Gasteiger partial charge in [-0.25, -0.2) is 4.79 Å². The van der Waals surface area contributed by atoms with Crippen molar-refractivity contribution in [3.8, 4) is 11.5 Å². The van der Waals surface area contributed by atoms with Crippen LogP contribution in [0.25, 0.3) is 6.08 Å². The van der Waals surface area contributed by atoms with Crippen LogP contribution in [0.4, 0.5) is 0 Å². The molecule has 6 atom stereocenters. The molecular weight excluding hydrogens is 392 g/mol. The number of aromatic hydroxyl groups is 2. The van der Waals surface area contributed by atoms with Gasteiger partial charge in [0.1, 0.15) is 37.1 Å². The second-order valence-electron chi connectivity index (χ2n) is 6.40. The van der Waals surface area contributed by atoms with Gasteiger partial charge in [0, 0.05) is 6.08 Å². The predicted molar refractivity (Wildman–Crippen MR) is 95.5 cm³/mol. The van der Waals surface area contributed by atoms with Crippen LogP contribution >= 0.6 is 0 Å². The number of benzene rings is 1.